The van der Waals surface area contributed by atoms with Crippen LogP contribution in [0.5, 0.6) is 0 Å². The van der Waals surface area contributed by atoms with Crippen molar-refractivity contribution in [3.05, 3.63) is 82.0 Å². The predicted octanol–water partition coefficient (Wildman–Crippen LogP) is 6.13. The summed E-state index contributed by atoms with van der Waals surface area (Å²) in [5.74, 6) is 1.91. The van der Waals surface area contributed by atoms with Gasteiger partial charge in [-0.3, -0.25) is 0 Å². The van der Waals surface area contributed by atoms with E-state index in [1.54, 1.807) is 0 Å². The van der Waals surface area contributed by atoms with Gasteiger partial charge < -0.3 is 9.73 Å². The number of nitrogens with one attached hydrogen (secondary N) is 1. The van der Waals surface area contributed by atoms with Crippen molar-refractivity contribution in [2.45, 2.75) is 39.3 Å². The molecular weight excluding hydrogens is 374 g/mol. The third kappa shape index (κ3) is 5.07. The van der Waals surface area contributed by atoms with Crippen molar-refractivity contribution < 1.29 is 4.42 Å². The molecule has 0 aliphatic heterocycles. The van der Waals surface area contributed by atoms with Gasteiger partial charge in [0.15, 0.2) is 0 Å². The van der Waals surface area contributed by atoms with Crippen LogP contribution in [0.25, 0.3) is 11.3 Å². The van der Waals surface area contributed by atoms with Crippen LogP contribution in [0.3, 0.4) is 0 Å². The molecule has 1 unspecified atom stereocenters. The maximum Gasteiger partial charge on any atom is 0.134 e. The Balaban J connectivity index is 1.53. The molecule has 3 rings (SSSR count). The van der Waals surface area contributed by atoms with Gasteiger partial charge in [0, 0.05) is 16.1 Å². The first-order chi connectivity index (χ1) is 12.1. The Bertz CT molecular complexity index is 810. The summed E-state index contributed by atoms with van der Waals surface area (Å²) in [6.07, 6.45) is 2.21. The van der Waals surface area contributed by atoms with Crippen LogP contribution in [0.4, 0.5) is 0 Å². The van der Waals surface area contributed by atoms with Crippen molar-refractivity contribution in [1.82, 2.24) is 5.32 Å². The van der Waals surface area contributed by atoms with E-state index in [0.29, 0.717) is 6.04 Å². The summed E-state index contributed by atoms with van der Waals surface area (Å²) in [6, 6.07) is 21.5. The van der Waals surface area contributed by atoms with Gasteiger partial charge in [-0.2, -0.15) is 0 Å². The summed E-state index contributed by atoms with van der Waals surface area (Å²) < 4.78 is 7.12. The minimum absolute atomic E-state index is 0.447. The zero-order valence-corrected chi connectivity index (χ0v) is 16.3. The molecule has 130 valence electrons. The van der Waals surface area contributed by atoms with E-state index >= 15 is 0 Å². The first-order valence-electron chi connectivity index (χ1n) is 8.74. The van der Waals surface area contributed by atoms with Crippen molar-refractivity contribution >= 4 is 15.9 Å². The summed E-state index contributed by atoms with van der Waals surface area (Å²) in [5.41, 5.74) is 3.74. The Morgan fingerprint density at radius 2 is 1.84 bits per heavy atom. The second-order valence-electron chi connectivity index (χ2n) is 6.53. The number of benzene rings is 2. The summed E-state index contributed by atoms with van der Waals surface area (Å²) in [7, 11) is 0. The Morgan fingerprint density at radius 1 is 1.04 bits per heavy atom. The van der Waals surface area contributed by atoms with E-state index < -0.39 is 0 Å². The Kier molecular flexibility index (Phi) is 6.11. The summed E-state index contributed by atoms with van der Waals surface area (Å²) in [6.45, 7) is 5.09. The van der Waals surface area contributed by atoms with Crippen LogP contribution in [0, 0.1) is 6.92 Å². The van der Waals surface area contributed by atoms with Gasteiger partial charge in [0.2, 0.25) is 0 Å². The summed E-state index contributed by atoms with van der Waals surface area (Å²) in [4.78, 5) is 0. The van der Waals surface area contributed by atoms with Gasteiger partial charge in [-0.1, -0.05) is 46.3 Å². The lowest BCUT2D eigenvalue weighted by atomic mass is 10.1. The molecule has 0 aliphatic rings. The van der Waals surface area contributed by atoms with E-state index in [1.807, 2.05) is 0 Å². The lowest BCUT2D eigenvalue weighted by Gasteiger charge is -2.12. The van der Waals surface area contributed by atoms with E-state index in [9.17, 15) is 0 Å². The largest absolute Gasteiger partial charge is 0.460 e. The van der Waals surface area contributed by atoms with Crippen molar-refractivity contribution in [3.8, 4) is 11.3 Å². The molecule has 3 heteroatoms. The van der Waals surface area contributed by atoms with E-state index in [4.69, 9.17) is 4.42 Å². The molecule has 0 saturated carbocycles. The minimum Gasteiger partial charge on any atom is -0.460 e. The maximum atomic E-state index is 6.03. The lowest BCUT2D eigenvalue weighted by molar-refractivity contribution is 0.449. The second kappa shape index (κ2) is 8.50. The molecule has 3 aromatic rings. The molecule has 1 atom stereocenters. The van der Waals surface area contributed by atoms with Crippen LogP contribution >= 0.6 is 15.9 Å². The molecule has 25 heavy (non-hydrogen) atoms. The highest BCUT2D eigenvalue weighted by molar-refractivity contribution is 9.10. The Hall–Kier alpha value is -1.84. The maximum absolute atomic E-state index is 6.03. The van der Waals surface area contributed by atoms with Crippen LogP contribution in [-0.4, -0.2) is 6.04 Å². The minimum atomic E-state index is 0.447. The smallest absolute Gasteiger partial charge is 0.134 e. The fourth-order valence-corrected chi connectivity index (χ4v) is 3.40. The van der Waals surface area contributed by atoms with Gasteiger partial charge in [-0.05, 0) is 68.1 Å². The van der Waals surface area contributed by atoms with E-state index in [2.05, 4.69) is 95.8 Å². The van der Waals surface area contributed by atoms with Gasteiger partial charge in [-0.25, -0.2) is 0 Å². The highest BCUT2D eigenvalue weighted by atomic mass is 79.9. The monoisotopic (exact) mass is 397 g/mol. The quantitative estimate of drug-likeness (QED) is 0.518. The van der Waals surface area contributed by atoms with Gasteiger partial charge in [0.1, 0.15) is 11.5 Å². The molecular formula is C22H24BrNO. The third-order valence-corrected chi connectivity index (χ3v) is 4.94. The molecule has 2 nitrogen and oxygen atoms in total. The van der Waals surface area contributed by atoms with Crippen LogP contribution < -0.4 is 5.32 Å². The van der Waals surface area contributed by atoms with Gasteiger partial charge >= 0.3 is 0 Å². The van der Waals surface area contributed by atoms with Gasteiger partial charge in [0.05, 0.1) is 6.54 Å². The lowest BCUT2D eigenvalue weighted by Crippen LogP contribution is -2.25. The number of furan rings is 1. The predicted molar refractivity (Wildman–Crippen MR) is 108 cm³/mol. The Morgan fingerprint density at radius 3 is 2.60 bits per heavy atom. The first-order valence-corrected chi connectivity index (χ1v) is 9.53. The molecule has 2 aromatic carbocycles. The molecule has 0 spiro atoms. The fraction of sp³-hybridized carbons (Fsp3) is 0.273. The van der Waals surface area contributed by atoms with E-state index in [1.165, 1.54) is 11.1 Å². The highest BCUT2D eigenvalue weighted by Gasteiger charge is 2.09. The highest BCUT2D eigenvalue weighted by Crippen LogP contribution is 2.27. The molecule has 0 amide bonds. The topological polar surface area (TPSA) is 25.2 Å². The van der Waals surface area contributed by atoms with Crippen LogP contribution in [0.2, 0.25) is 0 Å². The number of aryl methyl sites for hydroxylation is 2. The van der Waals surface area contributed by atoms with Gasteiger partial charge in [0.25, 0.3) is 0 Å². The Labute approximate surface area is 158 Å². The number of hydrogen-bond donors (Lipinski definition) is 1. The first kappa shape index (κ1) is 18.0. The average molecular weight is 398 g/mol. The molecule has 0 fully saturated rings. The molecule has 0 saturated heterocycles. The van der Waals surface area contributed by atoms with Crippen molar-refractivity contribution in [3.63, 3.8) is 0 Å². The third-order valence-electron chi connectivity index (χ3n) is 4.45. The summed E-state index contributed by atoms with van der Waals surface area (Å²) >= 11 is 3.51. The number of hydrogen-bond acceptors (Lipinski definition) is 2. The normalized spacial score (nSPS) is 12.3. The van der Waals surface area contributed by atoms with E-state index in [0.717, 1.165) is 40.9 Å². The average Bonchev–Trinajstić information content (AvgIpc) is 3.08. The van der Waals surface area contributed by atoms with E-state index in [-0.39, 0.29) is 0 Å². The van der Waals surface area contributed by atoms with Crippen molar-refractivity contribution in [2.75, 3.05) is 0 Å². The van der Waals surface area contributed by atoms with Crippen LogP contribution in [-0.2, 0) is 13.0 Å². The zero-order valence-electron chi connectivity index (χ0n) is 14.8. The zero-order chi connectivity index (χ0) is 17.6. The number of rotatable bonds is 7. The number of halogens is 1. The molecule has 0 aliphatic carbocycles. The van der Waals surface area contributed by atoms with Crippen molar-refractivity contribution in [2.24, 2.45) is 0 Å². The molecule has 0 bridgehead atoms. The van der Waals surface area contributed by atoms with Crippen molar-refractivity contribution in [1.29, 1.82) is 0 Å². The second-order valence-corrected chi connectivity index (χ2v) is 7.45. The van der Waals surface area contributed by atoms with Crippen LogP contribution in [0.15, 0.2) is 69.6 Å². The SMILES string of the molecule is Cc1cc(Br)ccc1-c1ccc(CNC(C)CCc2ccccc2)o1. The summed E-state index contributed by atoms with van der Waals surface area (Å²) in [5, 5.41) is 3.56. The fourth-order valence-electron chi connectivity index (χ4n) is 2.93. The standard InChI is InChI=1S/C22H24BrNO/c1-16-14-19(23)10-12-21(16)22-13-11-20(25-22)15-24-17(2)8-9-18-6-4-3-5-7-18/h3-7,10-14,17,24H,8-9,15H2,1-2H3. The molecule has 1 aromatic heterocycles. The van der Waals surface area contributed by atoms with Gasteiger partial charge in [-0.15, -0.1) is 0 Å². The molecule has 1 heterocycles. The molecule has 1 N–H and O–H groups in total. The van der Waals surface area contributed by atoms with Crippen LogP contribution in [0.1, 0.15) is 30.2 Å². The molecule has 0 radical (unpaired) electrons.